The van der Waals surface area contributed by atoms with E-state index in [-0.39, 0.29) is 23.7 Å². The first kappa shape index (κ1) is 30.9. The van der Waals surface area contributed by atoms with Gasteiger partial charge in [-0.05, 0) is 81.3 Å². The average Bonchev–Trinajstić information content (AvgIpc) is 3.57. The Morgan fingerprint density at radius 3 is 2.51 bits per heavy atom. The highest BCUT2D eigenvalue weighted by Gasteiger charge is 2.44. The van der Waals surface area contributed by atoms with Crippen molar-refractivity contribution in [1.29, 1.82) is 0 Å². The number of nitrogens with zero attached hydrogens (tertiary/aromatic N) is 3. The SMILES string of the molecule is CC[C@@H]1CCN(C(=O)[C@@H](NC(=O)O[C@@H]2CCC[C@H]2CCCCCc2cnc3ccccc3n2)C(C)(C)C)[C@@H]1C(C)=O. The van der Waals surface area contributed by atoms with E-state index in [1.165, 1.54) is 0 Å². The number of benzene rings is 1. The van der Waals surface area contributed by atoms with E-state index in [9.17, 15) is 14.4 Å². The third-order valence-electron chi connectivity index (χ3n) is 8.98. The van der Waals surface area contributed by atoms with Crippen molar-refractivity contribution in [3.05, 3.63) is 36.2 Å². The van der Waals surface area contributed by atoms with Crippen molar-refractivity contribution >= 4 is 28.8 Å². The molecule has 2 aliphatic rings. The van der Waals surface area contributed by atoms with Gasteiger partial charge in [-0.3, -0.25) is 14.6 Å². The number of aromatic nitrogens is 2. The Labute approximate surface area is 245 Å². The molecule has 0 bridgehead atoms. The number of carbonyl (C=O) groups excluding carboxylic acids is 3. The summed E-state index contributed by atoms with van der Waals surface area (Å²) in [5.74, 6) is 0.335. The Balaban J connectivity index is 1.26. The van der Waals surface area contributed by atoms with Crippen LogP contribution >= 0.6 is 0 Å². The lowest BCUT2D eigenvalue weighted by Crippen LogP contribution is -2.57. The van der Waals surface area contributed by atoms with Crippen LogP contribution < -0.4 is 5.32 Å². The van der Waals surface area contributed by atoms with Gasteiger partial charge in [0, 0.05) is 12.7 Å². The number of unbranched alkanes of at least 4 members (excludes halogenated alkanes) is 2. The van der Waals surface area contributed by atoms with Gasteiger partial charge in [-0.15, -0.1) is 0 Å². The molecular formula is C33H48N4O4. The molecule has 1 saturated heterocycles. The monoisotopic (exact) mass is 564 g/mol. The van der Waals surface area contributed by atoms with E-state index >= 15 is 0 Å². The molecule has 224 valence electrons. The number of carbonyl (C=O) groups is 3. The van der Waals surface area contributed by atoms with Gasteiger partial charge in [0.25, 0.3) is 0 Å². The number of para-hydroxylation sites is 2. The molecule has 8 heteroatoms. The number of rotatable bonds is 11. The van der Waals surface area contributed by atoms with Gasteiger partial charge < -0.3 is 15.0 Å². The molecule has 1 N–H and O–H groups in total. The zero-order chi connectivity index (χ0) is 29.6. The van der Waals surface area contributed by atoms with E-state index < -0.39 is 23.6 Å². The van der Waals surface area contributed by atoms with Crippen molar-refractivity contribution < 1.29 is 19.1 Å². The van der Waals surface area contributed by atoms with Crippen molar-refractivity contribution in [3.8, 4) is 0 Å². The quantitative estimate of drug-likeness (QED) is 0.323. The lowest BCUT2D eigenvalue weighted by molar-refractivity contribution is -0.141. The maximum Gasteiger partial charge on any atom is 0.408 e. The van der Waals surface area contributed by atoms with E-state index in [1.807, 2.05) is 51.2 Å². The van der Waals surface area contributed by atoms with Crippen LogP contribution in [0.4, 0.5) is 4.79 Å². The summed E-state index contributed by atoms with van der Waals surface area (Å²) in [6, 6.07) is 6.77. The highest BCUT2D eigenvalue weighted by Crippen LogP contribution is 2.34. The minimum absolute atomic E-state index is 0.0110. The fourth-order valence-electron chi connectivity index (χ4n) is 6.68. The molecule has 2 aromatic rings. The van der Waals surface area contributed by atoms with Gasteiger partial charge in [-0.2, -0.15) is 0 Å². The zero-order valence-corrected chi connectivity index (χ0v) is 25.5. The number of ketones is 1. The molecule has 1 aliphatic carbocycles. The van der Waals surface area contributed by atoms with E-state index in [1.54, 1.807) is 11.8 Å². The van der Waals surface area contributed by atoms with Crippen LogP contribution in [0, 0.1) is 17.3 Å². The van der Waals surface area contributed by atoms with E-state index in [0.29, 0.717) is 12.5 Å². The average molecular weight is 565 g/mol. The first-order chi connectivity index (χ1) is 19.6. The largest absolute Gasteiger partial charge is 0.446 e. The van der Waals surface area contributed by atoms with Crippen LogP contribution in [-0.4, -0.2) is 57.4 Å². The van der Waals surface area contributed by atoms with Gasteiger partial charge in [0.15, 0.2) is 5.78 Å². The standard InChI is InChI=1S/C33H48N4O4/c1-6-23-19-20-37(29(23)22(2)38)31(39)30(33(3,4)5)36-32(40)41-28-18-12-14-24(28)13-8-7-9-15-25-21-34-26-16-10-11-17-27(26)35-25/h10-11,16-17,21,23-24,28-30H,6-9,12-15,18-20H2,1-5H3,(H,36,40)/t23-,24-,28-,29-,30-/m1/s1. The Morgan fingerprint density at radius 1 is 1.05 bits per heavy atom. The summed E-state index contributed by atoms with van der Waals surface area (Å²) in [4.78, 5) is 50.1. The molecule has 0 radical (unpaired) electrons. The molecule has 2 amide bonds. The first-order valence-corrected chi connectivity index (χ1v) is 15.6. The number of hydrogen-bond acceptors (Lipinski definition) is 6. The molecule has 0 spiro atoms. The molecule has 2 fully saturated rings. The predicted octanol–water partition coefficient (Wildman–Crippen LogP) is 6.26. The highest BCUT2D eigenvalue weighted by atomic mass is 16.6. The lowest BCUT2D eigenvalue weighted by atomic mass is 9.85. The number of aryl methyl sites for hydroxylation is 1. The second kappa shape index (κ2) is 13.8. The molecule has 0 unspecified atom stereocenters. The number of ether oxygens (including phenoxy) is 1. The molecule has 1 aromatic heterocycles. The van der Waals surface area contributed by atoms with Crippen molar-refractivity contribution in [2.75, 3.05) is 6.54 Å². The normalized spacial score (nSPS) is 23.5. The molecule has 2 heterocycles. The Morgan fingerprint density at radius 2 is 1.80 bits per heavy atom. The number of fused-ring (bicyclic) bond motifs is 1. The number of hydrogen-bond donors (Lipinski definition) is 1. The third kappa shape index (κ3) is 7.83. The minimum Gasteiger partial charge on any atom is -0.446 e. The maximum atomic E-state index is 13.7. The third-order valence-corrected chi connectivity index (χ3v) is 8.98. The number of nitrogens with one attached hydrogen (secondary N) is 1. The molecule has 4 rings (SSSR count). The van der Waals surface area contributed by atoms with Gasteiger partial charge in [0.2, 0.25) is 5.91 Å². The maximum absolute atomic E-state index is 13.7. The number of amides is 2. The molecule has 8 nitrogen and oxygen atoms in total. The van der Waals surface area contributed by atoms with Gasteiger partial charge in [0.1, 0.15) is 12.1 Å². The van der Waals surface area contributed by atoms with Gasteiger partial charge >= 0.3 is 6.09 Å². The van der Waals surface area contributed by atoms with Crippen LogP contribution in [0.2, 0.25) is 0 Å². The number of Topliss-reactive ketones (excluding diaryl/α,β-unsaturated/α-hetero) is 1. The second-order valence-corrected chi connectivity index (χ2v) is 13.1. The van der Waals surface area contributed by atoms with E-state index in [2.05, 4.69) is 17.2 Å². The Kier molecular flexibility index (Phi) is 10.4. The number of alkyl carbamates (subject to hydrolysis) is 1. The van der Waals surface area contributed by atoms with E-state index in [4.69, 9.17) is 9.72 Å². The van der Waals surface area contributed by atoms with Crippen LogP contribution in [0.15, 0.2) is 30.5 Å². The van der Waals surface area contributed by atoms with Gasteiger partial charge in [-0.1, -0.05) is 59.1 Å². The molecule has 41 heavy (non-hydrogen) atoms. The lowest BCUT2D eigenvalue weighted by Gasteiger charge is -2.36. The summed E-state index contributed by atoms with van der Waals surface area (Å²) >= 11 is 0. The highest BCUT2D eigenvalue weighted by molar-refractivity contribution is 5.92. The van der Waals surface area contributed by atoms with Gasteiger partial charge in [0.05, 0.1) is 22.8 Å². The summed E-state index contributed by atoms with van der Waals surface area (Å²) in [6.45, 7) is 9.98. The Bertz CT molecular complexity index is 1210. The summed E-state index contributed by atoms with van der Waals surface area (Å²) < 4.78 is 5.94. The van der Waals surface area contributed by atoms with E-state index in [0.717, 1.165) is 80.9 Å². The molecular weight excluding hydrogens is 516 g/mol. The van der Waals surface area contributed by atoms with Crippen LogP contribution in [0.1, 0.15) is 98.1 Å². The summed E-state index contributed by atoms with van der Waals surface area (Å²) in [5.41, 5.74) is 2.37. The molecule has 1 aliphatic heterocycles. The minimum atomic E-state index is -0.759. The molecule has 1 aromatic carbocycles. The summed E-state index contributed by atoms with van der Waals surface area (Å²) in [6.07, 6.45) is 11.0. The fourth-order valence-corrected chi connectivity index (χ4v) is 6.68. The van der Waals surface area contributed by atoms with Crippen LogP contribution in [0.3, 0.4) is 0 Å². The fraction of sp³-hybridized carbons (Fsp3) is 0.667. The summed E-state index contributed by atoms with van der Waals surface area (Å²) in [7, 11) is 0. The Hall–Kier alpha value is -3.03. The van der Waals surface area contributed by atoms with Crippen LogP contribution in [-0.2, 0) is 20.7 Å². The van der Waals surface area contributed by atoms with Crippen molar-refractivity contribution in [2.45, 2.75) is 117 Å². The topological polar surface area (TPSA) is 101 Å². The van der Waals surface area contributed by atoms with Gasteiger partial charge in [-0.25, -0.2) is 9.78 Å². The first-order valence-electron chi connectivity index (χ1n) is 15.6. The van der Waals surface area contributed by atoms with Crippen molar-refractivity contribution in [3.63, 3.8) is 0 Å². The number of likely N-dealkylation sites (tertiary alicyclic amines) is 1. The van der Waals surface area contributed by atoms with Crippen molar-refractivity contribution in [2.24, 2.45) is 17.3 Å². The second-order valence-electron chi connectivity index (χ2n) is 13.1. The summed E-state index contributed by atoms with van der Waals surface area (Å²) in [5, 5.41) is 2.90. The molecule has 5 atom stereocenters. The molecule has 1 saturated carbocycles. The van der Waals surface area contributed by atoms with Crippen molar-refractivity contribution in [1.82, 2.24) is 20.2 Å². The van der Waals surface area contributed by atoms with Crippen LogP contribution in [0.5, 0.6) is 0 Å². The smallest absolute Gasteiger partial charge is 0.408 e. The van der Waals surface area contributed by atoms with Crippen LogP contribution in [0.25, 0.3) is 11.0 Å². The zero-order valence-electron chi connectivity index (χ0n) is 25.5. The predicted molar refractivity (Wildman–Crippen MR) is 160 cm³/mol.